The summed E-state index contributed by atoms with van der Waals surface area (Å²) in [5.41, 5.74) is 0.870. The summed E-state index contributed by atoms with van der Waals surface area (Å²) >= 11 is 1.68. The van der Waals surface area contributed by atoms with Gasteiger partial charge in [0.15, 0.2) is 5.17 Å². The first-order valence-corrected chi connectivity index (χ1v) is 9.45. The topological polar surface area (TPSA) is 41.9 Å². The molecule has 3 rings (SSSR count). The molecule has 1 saturated carbocycles. The average molecular weight is 332 g/mol. The third kappa shape index (κ3) is 3.71. The van der Waals surface area contributed by atoms with E-state index in [0.717, 1.165) is 35.2 Å². The van der Waals surface area contributed by atoms with Crippen LogP contribution in [-0.4, -0.2) is 34.4 Å². The van der Waals surface area contributed by atoms with Crippen molar-refractivity contribution in [1.82, 2.24) is 4.90 Å². The third-order valence-electron chi connectivity index (χ3n) is 4.41. The molecule has 0 N–H and O–H groups in total. The van der Waals surface area contributed by atoms with E-state index < -0.39 is 0 Å². The molecule has 0 radical (unpaired) electrons. The fraction of sp³-hybridized carbons (Fsp3) is 0.556. The molecule has 1 aliphatic heterocycles. The number of carbonyl (C=O) groups excluding carboxylic acids is 1. The van der Waals surface area contributed by atoms with Crippen LogP contribution < -0.4 is 4.74 Å². The van der Waals surface area contributed by atoms with E-state index in [1.165, 1.54) is 12.8 Å². The molecule has 1 amide bonds. The highest BCUT2D eigenvalue weighted by molar-refractivity contribution is 8.14. The molecular formula is C18H24N2O2S. The van der Waals surface area contributed by atoms with Crippen LogP contribution in [0.15, 0.2) is 29.3 Å². The van der Waals surface area contributed by atoms with E-state index in [0.29, 0.717) is 6.61 Å². The molecule has 1 atom stereocenters. The van der Waals surface area contributed by atoms with E-state index in [1.54, 1.807) is 11.8 Å². The Bertz CT molecular complexity index is 579. The first-order chi connectivity index (χ1) is 11.2. The Morgan fingerprint density at radius 3 is 2.65 bits per heavy atom. The fourth-order valence-electron chi connectivity index (χ4n) is 3.19. The Hall–Kier alpha value is -1.49. The summed E-state index contributed by atoms with van der Waals surface area (Å²) in [6.07, 6.45) is 4.42. The summed E-state index contributed by atoms with van der Waals surface area (Å²) in [4.78, 5) is 19.5. The van der Waals surface area contributed by atoms with Gasteiger partial charge in [-0.15, -0.1) is 0 Å². The molecule has 0 bridgehead atoms. The Morgan fingerprint density at radius 2 is 2.00 bits per heavy atom. The lowest BCUT2D eigenvalue weighted by Gasteiger charge is -2.24. The number of hydrogen-bond donors (Lipinski definition) is 0. The van der Waals surface area contributed by atoms with Crippen molar-refractivity contribution in [2.75, 3.05) is 12.4 Å². The lowest BCUT2D eigenvalue weighted by molar-refractivity contribution is -0.132. The maximum Gasteiger partial charge on any atom is 0.231 e. The van der Waals surface area contributed by atoms with Gasteiger partial charge in [0.25, 0.3) is 0 Å². The normalized spacial score (nSPS) is 23.7. The second-order valence-electron chi connectivity index (χ2n) is 6.17. The van der Waals surface area contributed by atoms with E-state index in [2.05, 4.69) is 6.92 Å². The number of hydrogen-bond acceptors (Lipinski definition) is 4. The molecule has 124 valence electrons. The summed E-state index contributed by atoms with van der Waals surface area (Å²) in [5.74, 6) is 2.24. The summed E-state index contributed by atoms with van der Waals surface area (Å²) < 4.78 is 5.46. The Balaban J connectivity index is 1.77. The number of ether oxygens (including phenoxy) is 1. The molecule has 0 unspecified atom stereocenters. The zero-order valence-electron chi connectivity index (χ0n) is 13.8. The van der Waals surface area contributed by atoms with Crippen molar-refractivity contribution in [2.24, 2.45) is 10.9 Å². The van der Waals surface area contributed by atoms with E-state index in [1.807, 2.05) is 36.1 Å². The van der Waals surface area contributed by atoms with Crippen LogP contribution in [0.4, 0.5) is 5.69 Å². The second kappa shape index (κ2) is 7.39. The van der Waals surface area contributed by atoms with E-state index in [4.69, 9.17) is 9.73 Å². The van der Waals surface area contributed by atoms with Crippen LogP contribution in [0, 0.1) is 5.92 Å². The number of thioether (sulfide) groups is 1. The van der Waals surface area contributed by atoms with Gasteiger partial charge in [-0.3, -0.25) is 9.69 Å². The second-order valence-corrected chi connectivity index (χ2v) is 7.16. The number of aliphatic imine (C=N–C) groups is 1. The number of amides is 1. The third-order valence-corrected chi connectivity index (χ3v) is 5.61. The van der Waals surface area contributed by atoms with Crippen molar-refractivity contribution in [1.29, 1.82) is 0 Å². The van der Waals surface area contributed by atoms with Crippen LogP contribution in [-0.2, 0) is 4.79 Å². The van der Waals surface area contributed by atoms with Crippen molar-refractivity contribution in [3.05, 3.63) is 24.3 Å². The lowest BCUT2D eigenvalue weighted by atomic mass is 10.1. The number of amidine groups is 1. The molecule has 4 nitrogen and oxygen atoms in total. The molecule has 1 saturated heterocycles. The molecule has 1 heterocycles. The van der Waals surface area contributed by atoms with Crippen LogP contribution in [0.25, 0.3) is 0 Å². The monoisotopic (exact) mass is 332 g/mol. The average Bonchev–Trinajstić information content (AvgIpc) is 3.19. The maximum absolute atomic E-state index is 12.8. The highest BCUT2D eigenvalue weighted by Gasteiger charge is 2.36. The van der Waals surface area contributed by atoms with Crippen molar-refractivity contribution >= 4 is 28.5 Å². The zero-order chi connectivity index (χ0) is 16.2. The molecule has 0 spiro atoms. The minimum atomic E-state index is 0.196. The summed E-state index contributed by atoms with van der Waals surface area (Å²) in [6.45, 7) is 4.74. The molecule has 23 heavy (non-hydrogen) atoms. The maximum atomic E-state index is 12.8. The first kappa shape index (κ1) is 16.4. The summed E-state index contributed by atoms with van der Waals surface area (Å²) in [6, 6.07) is 7.97. The Morgan fingerprint density at radius 1 is 1.30 bits per heavy atom. The van der Waals surface area contributed by atoms with Crippen molar-refractivity contribution < 1.29 is 9.53 Å². The van der Waals surface area contributed by atoms with E-state index in [-0.39, 0.29) is 17.9 Å². The standard InChI is InChI=1S/C18H24N2O2S/c1-3-22-16-10-8-15(9-11-16)19-18-20(13(2)12-23-18)17(21)14-6-4-5-7-14/h8-11,13-14H,3-7,12H2,1-2H3/t13-/m0/s1. The fourth-order valence-corrected chi connectivity index (χ4v) is 4.31. The van der Waals surface area contributed by atoms with Crippen LogP contribution in [0.3, 0.4) is 0 Å². The highest BCUT2D eigenvalue weighted by atomic mass is 32.2. The molecule has 2 aliphatic rings. The molecular weight excluding hydrogens is 308 g/mol. The van der Waals surface area contributed by atoms with E-state index in [9.17, 15) is 4.79 Å². The van der Waals surface area contributed by atoms with Gasteiger partial charge in [-0.2, -0.15) is 0 Å². The largest absolute Gasteiger partial charge is 0.494 e. The van der Waals surface area contributed by atoms with Gasteiger partial charge in [0.05, 0.1) is 12.3 Å². The van der Waals surface area contributed by atoms with Gasteiger partial charge in [-0.05, 0) is 51.0 Å². The van der Waals surface area contributed by atoms with Crippen LogP contribution in [0.5, 0.6) is 5.75 Å². The van der Waals surface area contributed by atoms with Gasteiger partial charge in [-0.1, -0.05) is 24.6 Å². The van der Waals surface area contributed by atoms with Gasteiger partial charge in [-0.25, -0.2) is 4.99 Å². The molecule has 5 heteroatoms. The minimum Gasteiger partial charge on any atom is -0.494 e. The molecule has 2 fully saturated rings. The SMILES string of the molecule is CCOc1ccc(N=C2SC[C@H](C)N2C(=O)C2CCCC2)cc1. The molecule has 0 aromatic heterocycles. The number of carbonyl (C=O) groups is 1. The Labute approximate surface area is 142 Å². The zero-order valence-corrected chi connectivity index (χ0v) is 14.6. The predicted molar refractivity (Wildman–Crippen MR) is 95.4 cm³/mol. The summed E-state index contributed by atoms with van der Waals surface area (Å²) in [7, 11) is 0. The lowest BCUT2D eigenvalue weighted by Crippen LogP contribution is -2.40. The van der Waals surface area contributed by atoms with E-state index >= 15 is 0 Å². The van der Waals surface area contributed by atoms with Crippen LogP contribution in [0.1, 0.15) is 39.5 Å². The number of nitrogens with zero attached hydrogens (tertiary/aromatic N) is 2. The van der Waals surface area contributed by atoms with Gasteiger partial charge < -0.3 is 4.74 Å². The van der Waals surface area contributed by atoms with Gasteiger partial charge >= 0.3 is 0 Å². The van der Waals surface area contributed by atoms with Crippen molar-refractivity contribution in [3.8, 4) is 5.75 Å². The van der Waals surface area contributed by atoms with Gasteiger partial charge in [0.2, 0.25) is 5.91 Å². The van der Waals surface area contributed by atoms with Crippen LogP contribution in [0.2, 0.25) is 0 Å². The van der Waals surface area contributed by atoms with Crippen molar-refractivity contribution in [2.45, 2.75) is 45.6 Å². The highest BCUT2D eigenvalue weighted by Crippen LogP contribution is 2.33. The van der Waals surface area contributed by atoms with Gasteiger partial charge in [0.1, 0.15) is 5.75 Å². The predicted octanol–water partition coefficient (Wildman–Crippen LogP) is 4.23. The summed E-state index contributed by atoms with van der Waals surface area (Å²) in [5, 5.41) is 0.846. The molecule has 1 aromatic carbocycles. The minimum absolute atomic E-state index is 0.196. The number of rotatable bonds is 4. The first-order valence-electron chi connectivity index (χ1n) is 8.46. The molecule has 1 aliphatic carbocycles. The molecule has 1 aromatic rings. The van der Waals surface area contributed by atoms with Crippen molar-refractivity contribution in [3.63, 3.8) is 0 Å². The van der Waals surface area contributed by atoms with Crippen LogP contribution >= 0.6 is 11.8 Å². The van der Waals surface area contributed by atoms with Gasteiger partial charge in [0, 0.05) is 17.7 Å². The quantitative estimate of drug-likeness (QED) is 0.829. The Kier molecular flexibility index (Phi) is 5.26. The smallest absolute Gasteiger partial charge is 0.231 e. The number of benzene rings is 1.